The van der Waals surface area contributed by atoms with Crippen molar-refractivity contribution in [3.8, 4) is 0 Å². The molecule has 1 aliphatic rings. The highest BCUT2D eigenvalue weighted by Gasteiger charge is 2.36. The number of nitrogens with one attached hydrogen (secondary N) is 1. The Morgan fingerprint density at radius 3 is 2.42 bits per heavy atom. The van der Waals surface area contributed by atoms with Crippen LogP contribution in [0.15, 0.2) is 48.5 Å². The normalized spacial score (nSPS) is 18.5. The highest BCUT2D eigenvalue weighted by molar-refractivity contribution is 6.38. The van der Waals surface area contributed by atoms with Crippen molar-refractivity contribution in [1.82, 2.24) is 5.32 Å². The largest absolute Gasteiger partial charge is 0.390 e. The number of unbranched alkanes of at least 4 members (excludes halogenated alkanes) is 1. The van der Waals surface area contributed by atoms with Crippen LogP contribution >= 0.6 is 0 Å². The van der Waals surface area contributed by atoms with E-state index in [2.05, 4.69) is 18.3 Å². The lowest BCUT2D eigenvalue weighted by molar-refractivity contribution is -0.148. The molecule has 0 bridgehead atoms. The van der Waals surface area contributed by atoms with E-state index >= 15 is 0 Å². The van der Waals surface area contributed by atoms with Crippen molar-refractivity contribution in [2.24, 2.45) is 5.92 Å². The summed E-state index contributed by atoms with van der Waals surface area (Å²) in [4.78, 5) is 24.9. The van der Waals surface area contributed by atoms with E-state index in [1.165, 1.54) is 11.1 Å². The van der Waals surface area contributed by atoms with Crippen LogP contribution in [0.1, 0.15) is 61.4 Å². The number of fused-ring (bicyclic) bond motifs is 1. The summed E-state index contributed by atoms with van der Waals surface area (Å²) in [6.07, 6.45) is 2.35. The number of hydrogen-bond acceptors (Lipinski definition) is 4. The van der Waals surface area contributed by atoms with Gasteiger partial charge < -0.3 is 15.5 Å². The number of carbonyl (C=O) groups is 2. The Kier molecular flexibility index (Phi) is 7.99. The van der Waals surface area contributed by atoms with Crippen LogP contribution in [-0.2, 0) is 28.9 Å². The molecule has 5 nitrogen and oxygen atoms in total. The van der Waals surface area contributed by atoms with E-state index in [0.29, 0.717) is 12.8 Å². The number of carbonyl (C=O) groups excluding carboxylic acids is 2. The van der Waals surface area contributed by atoms with Gasteiger partial charge in [0.1, 0.15) is 6.10 Å². The molecular formula is C26H33NO4. The maximum absolute atomic E-state index is 12.5. The topological polar surface area (TPSA) is 86.6 Å². The molecule has 2 aromatic carbocycles. The maximum Gasteiger partial charge on any atom is 0.290 e. The van der Waals surface area contributed by atoms with Gasteiger partial charge in [0, 0.05) is 0 Å². The first-order valence-electron chi connectivity index (χ1n) is 11.3. The summed E-state index contributed by atoms with van der Waals surface area (Å²) in [5, 5.41) is 23.6. The summed E-state index contributed by atoms with van der Waals surface area (Å²) < 4.78 is 0. The van der Waals surface area contributed by atoms with Crippen LogP contribution in [0.2, 0.25) is 0 Å². The minimum atomic E-state index is -1.72. The Morgan fingerprint density at radius 1 is 1.06 bits per heavy atom. The summed E-state index contributed by atoms with van der Waals surface area (Å²) in [5.74, 6) is -2.11. The van der Waals surface area contributed by atoms with Gasteiger partial charge in [-0.15, -0.1) is 0 Å². The van der Waals surface area contributed by atoms with Crippen LogP contribution in [0.3, 0.4) is 0 Å². The monoisotopic (exact) mass is 423 g/mol. The van der Waals surface area contributed by atoms with Crippen molar-refractivity contribution in [3.05, 3.63) is 70.8 Å². The van der Waals surface area contributed by atoms with Crippen LogP contribution < -0.4 is 5.32 Å². The van der Waals surface area contributed by atoms with E-state index in [1.807, 2.05) is 42.5 Å². The molecule has 3 N–H and O–H groups in total. The Bertz CT molecular complexity index is 893. The van der Waals surface area contributed by atoms with Crippen molar-refractivity contribution >= 4 is 11.7 Å². The van der Waals surface area contributed by atoms with Crippen LogP contribution in [0, 0.1) is 5.92 Å². The van der Waals surface area contributed by atoms with Gasteiger partial charge in [-0.25, -0.2) is 0 Å². The Hall–Kier alpha value is -2.50. The average Bonchev–Trinajstić information content (AvgIpc) is 2.81. The molecule has 3 rings (SSSR count). The van der Waals surface area contributed by atoms with Crippen LogP contribution in [0.5, 0.6) is 0 Å². The lowest BCUT2D eigenvalue weighted by Crippen LogP contribution is -2.47. The molecule has 0 spiro atoms. The molecule has 1 amide bonds. The van der Waals surface area contributed by atoms with Gasteiger partial charge in [-0.05, 0) is 67.2 Å². The third-order valence-corrected chi connectivity index (χ3v) is 6.33. The number of amides is 1. The fraction of sp³-hybridized carbons (Fsp3) is 0.462. The van der Waals surface area contributed by atoms with E-state index < -0.39 is 23.9 Å². The number of aryl methyl sites for hydroxylation is 2. The SMILES string of the molecule is CCCCc1ccc([C@H](C)NC(=O)C(=O)[C@@H](O)C(O)C2CCc3ccccc3C2)cc1. The van der Waals surface area contributed by atoms with Crippen LogP contribution in [-0.4, -0.2) is 34.1 Å². The molecule has 0 aliphatic heterocycles. The van der Waals surface area contributed by atoms with Crippen molar-refractivity contribution in [2.45, 2.75) is 70.6 Å². The predicted octanol–water partition coefficient (Wildman–Crippen LogP) is 3.30. The first-order valence-corrected chi connectivity index (χ1v) is 11.3. The Morgan fingerprint density at radius 2 is 1.74 bits per heavy atom. The van der Waals surface area contributed by atoms with Gasteiger partial charge in [0.2, 0.25) is 0 Å². The number of hydrogen-bond donors (Lipinski definition) is 3. The summed E-state index contributed by atoms with van der Waals surface area (Å²) in [6, 6.07) is 15.6. The van der Waals surface area contributed by atoms with Gasteiger partial charge in [0.25, 0.3) is 11.7 Å². The van der Waals surface area contributed by atoms with Crippen molar-refractivity contribution < 1.29 is 19.8 Å². The second-order valence-corrected chi connectivity index (χ2v) is 8.61. The summed E-state index contributed by atoms with van der Waals surface area (Å²) in [7, 11) is 0. The summed E-state index contributed by atoms with van der Waals surface area (Å²) in [5.41, 5.74) is 4.49. The zero-order valence-corrected chi connectivity index (χ0v) is 18.4. The molecule has 2 unspecified atom stereocenters. The molecule has 0 radical (unpaired) electrons. The molecule has 5 heteroatoms. The quantitative estimate of drug-likeness (QED) is 0.540. The highest BCUT2D eigenvalue weighted by Crippen LogP contribution is 2.29. The predicted molar refractivity (Wildman–Crippen MR) is 121 cm³/mol. The van der Waals surface area contributed by atoms with E-state index in [9.17, 15) is 19.8 Å². The molecule has 166 valence electrons. The van der Waals surface area contributed by atoms with E-state index in [4.69, 9.17) is 0 Å². The smallest absolute Gasteiger partial charge is 0.290 e. The van der Waals surface area contributed by atoms with Crippen molar-refractivity contribution in [2.75, 3.05) is 0 Å². The number of aliphatic hydroxyl groups is 2. The van der Waals surface area contributed by atoms with E-state index in [-0.39, 0.29) is 12.0 Å². The fourth-order valence-corrected chi connectivity index (χ4v) is 4.27. The van der Waals surface area contributed by atoms with Gasteiger partial charge in [0.05, 0.1) is 12.1 Å². The number of Topliss-reactive ketones (excluding diaryl/α,β-unsaturated/α-hetero) is 1. The third kappa shape index (κ3) is 5.81. The second kappa shape index (κ2) is 10.7. The lowest BCUT2D eigenvalue weighted by atomic mass is 9.79. The molecule has 1 aliphatic carbocycles. The second-order valence-electron chi connectivity index (χ2n) is 8.61. The average molecular weight is 424 g/mol. The lowest BCUT2D eigenvalue weighted by Gasteiger charge is -2.30. The van der Waals surface area contributed by atoms with Gasteiger partial charge >= 0.3 is 0 Å². The molecule has 0 aromatic heterocycles. The molecule has 31 heavy (non-hydrogen) atoms. The Balaban J connectivity index is 1.55. The fourth-order valence-electron chi connectivity index (χ4n) is 4.27. The van der Waals surface area contributed by atoms with Crippen LogP contribution in [0.25, 0.3) is 0 Å². The van der Waals surface area contributed by atoms with Gasteiger partial charge in [-0.1, -0.05) is 61.9 Å². The molecule has 4 atom stereocenters. The minimum absolute atomic E-state index is 0.255. The maximum atomic E-state index is 12.5. The standard InChI is InChI=1S/C26H33NO4/c1-3-4-7-18-10-12-19(13-11-18)17(2)27-26(31)25(30)24(29)23(28)22-15-14-20-8-5-6-9-21(20)16-22/h5-6,8-13,17,22-24,28-29H,3-4,7,14-16H2,1-2H3,(H,27,31)/t17-,22?,23?,24-/m0/s1. The first-order chi connectivity index (χ1) is 14.9. The zero-order valence-electron chi connectivity index (χ0n) is 18.4. The first kappa shape index (κ1) is 23.2. The zero-order chi connectivity index (χ0) is 22.4. The van der Waals surface area contributed by atoms with Crippen molar-refractivity contribution in [1.29, 1.82) is 0 Å². The highest BCUT2D eigenvalue weighted by atomic mass is 16.3. The number of benzene rings is 2. The van der Waals surface area contributed by atoms with Crippen molar-refractivity contribution in [3.63, 3.8) is 0 Å². The number of rotatable bonds is 9. The molecule has 2 aromatic rings. The molecular weight excluding hydrogens is 390 g/mol. The van der Waals surface area contributed by atoms with Gasteiger partial charge in [-0.3, -0.25) is 9.59 Å². The minimum Gasteiger partial charge on any atom is -0.390 e. The van der Waals surface area contributed by atoms with Crippen LogP contribution in [0.4, 0.5) is 0 Å². The van der Waals surface area contributed by atoms with E-state index in [0.717, 1.165) is 36.8 Å². The van der Waals surface area contributed by atoms with Gasteiger partial charge in [0.15, 0.2) is 0 Å². The Labute approximate surface area is 184 Å². The summed E-state index contributed by atoms with van der Waals surface area (Å²) >= 11 is 0. The molecule has 0 saturated carbocycles. The molecule has 0 heterocycles. The van der Waals surface area contributed by atoms with E-state index in [1.54, 1.807) is 6.92 Å². The van der Waals surface area contributed by atoms with Gasteiger partial charge in [-0.2, -0.15) is 0 Å². The number of aliphatic hydroxyl groups excluding tert-OH is 2. The molecule has 0 fully saturated rings. The molecule has 0 saturated heterocycles. The third-order valence-electron chi connectivity index (χ3n) is 6.33. The summed E-state index contributed by atoms with van der Waals surface area (Å²) in [6.45, 7) is 3.95. The number of ketones is 1.